The number of amides is 1. The number of thiophene rings is 1. The molecule has 0 atom stereocenters. The highest BCUT2D eigenvalue weighted by Crippen LogP contribution is 2.19. The predicted molar refractivity (Wildman–Crippen MR) is 126 cm³/mol. The lowest BCUT2D eigenvalue weighted by molar-refractivity contribution is -0.116. The van der Waals surface area contributed by atoms with Crippen LogP contribution in [0.25, 0.3) is 15.9 Å². The molecule has 0 aliphatic carbocycles. The van der Waals surface area contributed by atoms with Crippen molar-refractivity contribution in [2.24, 2.45) is 0 Å². The third-order valence-corrected chi connectivity index (χ3v) is 6.34. The molecule has 0 saturated carbocycles. The van der Waals surface area contributed by atoms with Crippen molar-refractivity contribution in [3.63, 3.8) is 0 Å². The highest BCUT2D eigenvalue weighted by Gasteiger charge is 2.18. The second kappa shape index (κ2) is 8.00. The van der Waals surface area contributed by atoms with Gasteiger partial charge in [-0.05, 0) is 79.6 Å². The Morgan fingerprint density at radius 3 is 2.42 bits per heavy atom. The highest BCUT2D eigenvalue weighted by molar-refractivity contribution is 7.17. The van der Waals surface area contributed by atoms with E-state index in [0.29, 0.717) is 21.6 Å². The number of nitrogens with one attached hydrogen (secondary N) is 1. The summed E-state index contributed by atoms with van der Waals surface area (Å²) in [7, 11) is 0. The van der Waals surface area contributed by atoms with Gasteiger partial charge in [0.15, 0.2) is 0 Å². The van der Waals surface area contributed by atoms with Crippen LogP contribution >= 0.6 is 11.3 Å². The maximum absolute atomic E-state index is 13.4. The van der Waals surface area contributed by atoms with E-state index in [4.69, 9.17) is 0 Å². The van der Waals surface area contributed by atoms with Crippen LogP contribution in [0.2, 0.25) is 0 Å². The van der Waals surface area contributed by atoms with Crippen molar-refractivity contribution in [1.82, 2.24) is 9.13 Å². The van der Waals surface area contributed by atoms with Gasteiger partial charge in [0, 0.05) is 5.69 Å². The molecule has 1 amide bonds. The lowest BCUT2D eigenvalue weighted by atomic mass is 10.1. The van der Waals surface area contributed by atoms with Crippen molar-refractivity contribution in [1.29, 1.82) is 0 Å². The molecule has 2 aromatic carbocycles. The molecule has 1 N–H and O–H groups in total. The van der Waals surface area contributed by atoms with Crippen molar-refractivity contribution in [2.75, 3.05) is 5.32 Å². The van der Waals surface area contributed by atoms with Crippen molar-refractivity contribution < 1.29 is 4.79 Å². The minimum Gasteiger partial charge on any atom is -0.325 e. The van der Waals surface area contributed by atoms with E-state index in [1.54, 1.807) is 11.4 Å². The van der Waals surface area contributed by atoms with E-state index in [2.05, 4.69) is 5.32 Å². The first kappa shape index (κ1) is 20.8. The van der Waals surface area contributed by atoms with Crippen molar-refractivity contribution >= 4 is 33.1 Å². The van der Waals surface area contributed by atoms with Crippen molar-refractivity contribution in [2.45, 2.75) is 34.2 Å². The van der Waals surface area contributed by atoms with Crippen LogP contribution < -0.4 is 16.6 Å². The molecular weight excluding hydrogens is 410 g/mol. The van der Waals surface area contributed by atoms with Gasteiger partial charge in [-0.3, -0.25) is 14.2 Å². The molecule has 0 bridgehead atoms. The molecule has 0 fully saturated rings. The molecule has 2 aromatic heterocycles. The van der Waals surface area contributed by atoms with Gasteiger partial charge in [-0.15, -0.1) is 11.3 Å². The number of fused-ring (bicyclic) bond motifs is 1. The second-order valence-corrected chi connectivity index (χ2v) is 8.70. The summed E-state index contributed by atoms with van der Waals surface area (Å²) in [6.07, 6.45) is 0. The Morgan fingerprint density at radius 2 is 1.68 bits per heavy atom. The van der Waals surface area contributed by atoms with Gasteiger partial charge >= 0.3 is 5.69 Å². The Balaban J connectivity index is 1.81. The number of carbonyl (C=O) groups excluding carboxylic acids is 1. The minimum atomic E-state index is -0.528. The molecule has 0 spiro atoms. The second-order valence-electron chi connectivity index (χ2n) is 7.78. The largest absolute Gasteiger partial charge is 0.336 e. The maximum Gasteiger partial charge on any atom is 0.336 e. The molecule has 0 unspecified atom stereocenters. The van der Waals surface area contributed by atoms with Gasteiger partial charge in [0.1, 0.15) is 11.2 Å². The number of aryl methyl sites for hydroxylation is 4. The highest BCUT2D eigenvalue weighted by atomic mass is 32.1. The number of carbonyl (C=O) groups is 1. The number of rotatable bonds is 4. The average molecular weight is 434 g/mol. The van der Waals surface area contributed by atoms with E-state index in [9.17, 15) is 14.4 Å². The standard InChI is InChI=1S/C24H23N3O3S/c1-14-5-6-16(3)20(11-14)27-23(29)22-19(9-10-31-22)26(24(27)30)13-21(28)25-18-8-7-15(2)17(4)12-18/h5-12H,13H2,1-4H3,(H,25,28). The summed E-state index contributed by atoms with van der Waals surface area (Å²) >= 11 is 1.27. The molecule has 158 valence electrons. The first-order chi connectivity index (χ1) is 14.8. The van der Waals surface area contributed by atoms with E-state index >= 15 is 0 Å². The van der Waals surface area contributed by atoms with E-state index in [-0.39, 0.29) is 18.0 Å². The third-order valence-electron chi connectivity index (χ3n) is 5.45. The van der Waals surface area contributed by atoms with Gasteiger partial charge in [-0.25, -0.2) is 9.36 Å². The lowest BCUT2D eigenvalue weighted by Gasteiger charge is -2.14. The van der Waals surface area contributed by atoms with Gasteiger partial charge in [0.25, 0.3) is 5.56 Å². The molecule has 4 aromatic rings. The number of anilines is 1. The van der Waals surface area contributed by atoms with Crippen LogP contribution in [0.5, 0.6) is 0 Å². The molecular formula is C24H23N3O3S. The van der Waals surface area contributed by atoms with Gasteiger partial charge in [0.2, 0.25) is 5.91 Å². The van der Waals surface area contributed by atoms with Crippen LogP contribution in [0.15, 0.2) is 57.4 Å². The fraction of sp³-hybridized carbons (Fsp3) is 0.208. The zero-order chi connectivity index (χ0) is 22.3. The fourth-order valence-electron chi connectivity index (χ4n) is 3.58. The van der Waals surface area contributed by atoms with Crippen LogP contribution in [-0.2, 0) is 11.3 Å². The summed E-state index contributed by atoms with van der Waals surface area (Å²) in [4.78, 5) is 39.3. The molecule has 0 aliphatic rings. The topological polar surface area (TPSA) is 73.1 Å². The third kappa shape index (κ3) is 3.84. The first-order valence-corrected chi connectivity index (χ1v) is 10.8. The fourth-order valence-corrected chi connectivity index (χ4v) is 4.40. The quantitative estimate of drug-likeness (QED) is 0.527. The number of hydrogen-bond acceptors (Lipinski definition) is 4. The molecule has 0 radical (unpaired) electrons. The van der Waals surface area contributed by atoms with Gasteiger partial charge in [-0.1, -0.05) is 18.2 Å². The van der Waals surface area contributed by atoms with E-state index < -0.39 is 5.69 Å². The Morgan fingerprint density at radius 1 is 0.935 bits per heavy atom. The number of nitrogens with zero attached hydrogens (tertiary/aromatic N) is 2. The summed E-state index contributed by atoms with van der Waals surface area (Å²) in [5.74, 6) is -0.330. The summed E-state index contributed by atoms with van der Waals surface area (Å²) in [5.41, 5.74) is 4.74. The Hall–Kier alpha value is -3.45. The van der Waals surface area contributed by atoms with Gasteiger partial charge in [0.05, 0.1) is 11.2 Å². The molecule has 4 rings (SSSR count). The normalized spacial score (nSPS) is 11.1. The molecule has 0 aliphatic heterocycles. The first-order valence-electron chi connectivity index (χ1n) is 9.94. The molecule has 7 heteroatoms. The zero-order valence-corrected chi connectivity index (χ0v) is 18.7. The number of benzene rings is 2. The Labute approximate surface area is 183 Å². The maximum atomic E-state index is 13.4. The summed E-state index contributed by atoms with van der Waals surface area (Å²) in [5, 5.41) is 4.61. The number of hydrogen-bond donors (Lipinski definition) is 1. The lowest BCUT2D eigenvalue weighted by Crippen LogP contribution is -2.40. The van der Waals surface area contributed by atoms with Crippen LogP contribution in [-0.4, -0.2) is 15.0 Å². The van der Waals surface area contributed by atoms with Crippen molar-refractivity contribution in [3.8, 4) is 5.69 Å². The van der Waals surface area contributed by atoms with Crippen LogP contribution in [0.3, 0.4) is 0 Å². The Kier molecular flexibility index (Phi) is 5.37. The van der Waals surface area contributed by atoms with E-state index in [1.165, 1.54) is 20.5 Å². The van der Waals surface area contributed by atoms with E-state index in [0.717, 1.165) is 22.3 Å². The Bertz CT molecular complexity index is 1440. The van der Waals surface area contributed by atoms with Crippen LogP contribution in [0, 0.1) is 27.7 Å². The monoisotopic (exact) mass is 433 g/mol. The average Bonchev–Trinajstić information content (AvgIpc) is 3.21. The summed E-state index contributed by atoms with van der Waals surface area (Å²) < 4.78 is 2.98. The predicted octanol–water partition coefficient (Wildman–Crippen LogP) is 4.09. The molecule has 6 nitrogen and oxygen atoms in total. The summed E-state index contributed by atoms with van der Waals surface area (Å²) in [6, 6.07) is 13.0. The molecule has 0 saturated heterocycles. The smallest absolute Gasteiger partial charge is 0.325 e. The SMILES string of the molecule is Cc1ccc(C)c(-n2c(=O)c3sccc3n(CC(=O)Nc3ccc(C)c(C)c3)c2=O)c1. The number of aromatic nitrogens is 2. The van der Waals surface area contributed by atoms with Gasteiger partial charge < -0.3 is 5.32 Å². The summed E-state index contributed by atoms with van der Waals surface area (Å²) in [6.45, 7) is 7.56. The minimum absolute atomic E-state index is 0.190. The molecule has 31 heavy (non-hydrogen) atoms. The van der Waals surface area contributed by atoms with Crippen LogP contribution in [0.4, 0.5) is 5.69 Å². The van der Waals surface area contributed by atoms with Crippen molar-refractivity contribution in [3.05, 3.63) is 90.9 Å². The van der Waals surface area contributed by atoms with E-state index in [1.807, 2.05) is 64.1 Å². The van der Waals surface area contributed by atoms with Gasteiger partial charge in [-0.2, -0.15) is 0 Å². The molecule has 2 heterocycles. The van der Waals surface area contributed by atoms with Crippen LogP contribution in [0.1, 0.15) is 22.3 Å². The zero-order valence-electron chi connectivity index (χ0n) is 17.9.